The largest absolute Gasteiger partial charge is 0.496 e. The van der Waals surface area contributed by atoms with Crippen molar-refractivity contribution in [2.75, 3.05) is 14.2 Å². The number of nitrogens with two attached hydrogens (primary N) is 1. The van der Waals surface area contributed by atoms with E-state index in [-0.39, 0.29) is 6.04 Å². The molecule has 1 atom stereocenters. The van der Waals surface area contributed by atoms with Crippen molar-refractivity contribution >= 4 is 0 Å². The van der Waals surface area contributed by atoms with E-state index < -0.39 is 0 Å². The highest BCUT2D eigenvalue weighted by Crippen LogP contribution is 2.35. The average molecular weight is 247 g/mol. The summed E-state index contributed by atoms with van der Waals surface area (Å²) in [7, 11) is 5.15. The number of rotatable bonds is 4. The molecule has 96 valence electrons. The monoisotopic (exact) mass is 247 g/mol. The lowest BCUT2D eigenvalue weighted by Crippen LogP contribution is -2.17. The highest BCUT2D eigenvalue weighted by atomic mass is 16.5. The van der Waals surface area contributed by atoms with Crippen LogP contribution in [0.5, 0.6) is 11.5 Å². The first kappa shape index (κ1) is 12.4. The SMILES string of the molecule is COc1cccc(OC)c1C(N)c1cncn1C. The summed E-state index contributed by atoms with van der Waals surface area (Å²) in [4.78, 5) is 4.08. The Hall–Kier alpha value is -2.01. The third kappa shape index (κ3) is 2.04. The highest BCUT2D eigenvalue weighted by Gasteiger charge is 2.21. The molecule has 2 rings (SSSR count). The molecular formula is C13H17N3O2. The van der Waals surface area contributed by atoms with Gasteiger partial charge >= 0.3 is 0 Å². The number of imidazole rings is 1. The molecule has 2 N–H and O–H groups in total. The van der Waals surface area contributed by atoms with Crippen molar-refractivity contribution in [3.8, 4) is 11.5 Å². The van der Waals surface area contributed by atoms with Crippen LogP contribution >= 0.6 is 0 Å². The summed E-state index contributed by atoms with van der Waals surface area (Å²) >= 11 is 0. The lowest BCUT2D eigenvalue weighted by Gasteiger charge is -2.19. The molecule has 0 aliphatic carbocycles. The van der Waals surface area contributed by atoms with Crippen LogP contribution in [-0.2, 0) is 7.05 Å². The summed E-state index contributed by atoms with van der Waals surface area (Å²) in [5, 5.41) is 0. The summed E-state index contributed by atoms with van der Waals surface area (Å²) in [6, 6.07) is 5.27. The second-order valence-electron chi connectivity index (χ2n) is 3.98. The Bertz CT molecular complexity index is 515. The third-order valence-corrected chi connectivity index (χ3v) is 2.95. The molecule has 0 spiro atoms. The van der Waals surface area contributed by atoms with Crippen LogP contribution in [0.2, 0.25) is 0 Å². The van der Waals surface area contributed by atoms with Crippen LogP contribution in [0.1, 0.15) is 17.3 Å². The van der Waals surface area contributed by atoms with E-state index in [1.165, 1.54) is 0 Å². The minimum absolute atomic E-state index is 0.344. The zero-order valence-corrected chi connectivity index (χ0v) is 10.8. The van der Waals surface area contributed by atoms with Crippen LogP contribution in [0.3, 0.4) is 0 Å². The third-order valence-electron chi connectivity index (χ3n) is 2.95. The summed E-state index contributed by atoms with van der Waals surface area (Å²) in [5.41, 5.74) is 8.02. The molecule has 1 aromatic carbocycles. The molecule has 2 aromatic rings. The maximum absolute atomic E-state index is 6.29. The maximum atomic E-state index is 6.29. The average Bonchev–Trinajstić information content (AvgIpc) is 2.83. The van der Waals surface area contributed by atoms with Crippen LogP contribution in [0.25, 0.3) is 0 Å². The fraction of sp³-hybridized carbons (Fsp3) is 0.308. The molecule has 0 bridgehead atoms. The predicted molar refractivity (Wildman–Crippen MR) is 68.8 cm³/mol. The fourth-order valence-corrected chi connectivity index (χ4v) is 2.00. The van der Waals surface area contributed by atoms with Gasteiger partial charge in [0, 0.05) is 7.05 Å². The van der Waals surface area contributed by atoms with Crippen LogP contribution in [0.15, 0.2) is 30.7 Å². The van der Waals surface area contributed by atoms with Gasteiger partial charge in [0.05, 0.1) is 44.0 Å². The molecule has 0 amide bonds. The van der Waals surface area contributed by atoms with Crippen LogP contribution in [0, 0.1) is 0 Å². The molecule has 1 unspecified atom stereocenters. The van der Waals surface area contributed by atoms with Gasteiger partial charge in [-0.25, -0.2) is 4.98 Å². The van der Waals surface area contributed by atoms with Gasteiger partial charge in [-0.15, -0.1) is 0 Å². The Morgan fingerprint density at radius 3 is 2.28 bits per heavy atom. The minimum Gasteiger partial charge on any atom is -0.496 e. The molecule has 0 fully saturated rings. The van der Waals surface area contributed by atoms with Crippen molar-refractivity contribution in [3.05, 3.63) is 42.0 Å². The topological polar surface area (TPSA) is 62.3 Å². The van der Waals surface area contributed by atoms with E-state index in [1.807, 2.05) is 29.8 Å². The summed E-state index contributed by atoms with van der Waals surface area (Å²) < 4.78 is 12.6. The number of methoxy groups -OCH3 is 2. The van der Waals surface area contributed by atoms with Crippen molar-refractivity contribution < 1.29 is 9.47 Å². The Kier molecular flexibility index (Phi) is 3.53. The summed E-state index contributed by atoms with van der Waals surface area (Å²) in [6.07, 6.45) is 3.47. The van der Waals surface area contributed by atoms with Crippen molar-refractivity contribution in [1.82, 2.24) is 9.55 Å². The zero-order chi connectivity index (χ0) is 13.1. The summed E-state index contributed by atoms with van der Waals surface area (Å²) in [6.45, 7) is 0. The van der Waals surface area contributed by atoms with Gasteiger partial charge in [-0.1, -0.05) is 6.07 Å². The standard InChI is InChI=1S/C13H17N3O2/c1-16-8-15-7-9(16)13(14)12-10(17-2)5-4-6-11(12)18-3/h4-8,13H,14H2,1-3H3. The van der Waals surface area contributed by atoms with Gasteiger partial charge in [-0.3, -0.25) is 0 Å². The van der Waals surface area contributed by atoms with E-state index in [0.717, 1.165) is 11.3 Å². The molecule has 0 saturated heterocycles. The molecule has 1 aromatic heterocycles. The van der Waals surface area contributed by atoms with Gasteiger partial charge in [0.1, 0.15) is 11.5 Å². The molecule has 18 heavy (non-hydrogen) atoms. The van der Waals surface area contributed by atoms with Crippen LogP contribution in [0.4, 0.5) is 0 Å². The van der Waals surface area contributed by atoms with Gasteiger partial charge in [0.25, 0.3) is 0 Å². The number of aryl methyl sites for hydroxylation is 1. The Labute approximate surface area is 106 Å². The second-order valence-corrected chi connectivity index (χ2v) is 3.98. The lowest BCUT2D eigenvalue weighted by atomic mass is 10.0. The number of ether oxygens (including phenoxy) is 2. The normalized spacial score (nSPS) is 12.2. The maximum Gasteiger partial charge on any atom is 0.127 e. The number of aromatic nitrogens is 2. The molecule has 0 aliphatic rings. The Morgan fingerprint density at radius 1 is 1.22 bits per heavy atom. The Balaban J connectivity index is 2.52. The van der Waals surface area contributed by atoms with Crippen molar-refractivity contribution in [1.29, 1.82) is 0 Å². The van der Waals surface area contributed by atoms with E-state index in [2.05, 4.69) is 4.98 Å². The van der Waals surface area contributed by atoms with Crippen molar-refractivity contribution in [3.63, 3.8) is 0 Å². The number of hydrogen-bond donors (Lipinski definition) is 1. The first-order valence-corrected chi connectivity index (χ1v) is 5.61. The predicted octanol–water partition coefficient (Wildman–Crippen LogP) is 1.49. The van der Waals surface area contributed by atoms with E-state index in [0.29, 0.717) is 11.5 Å². The van der Waals surface area contributed by atoms with E-state index in [4.69, 9.17) is 15.2 Å². The zero-order valence-electron chi connectivity index (χ0n) is 10.8. The molecule has 5 nitrogen and oxygen atoms in total. The van der Waals surface area contributed by atoms with Gasteiger partial charge in [-0.2, -0.15) is 0 Å². The van der Waals surface area contributed by atoms with Gasteiger partial charge < -0.3 is 19.8 Å². The molecule has 5 heteroatoms. The van der Waals surface area contributed by atoms with Gasteiger partial charge in [0.2, 0.25) is 0 Å². The smallest absolute Gasteiger partial charge is 0.127 e. The van der Waals surface area contributed by atoms with E-state index >= 15 is 0 Å². The second kappa shape index (κ2) is 5.10. The minimum atomic E-state index is -0.344. The van der Waals surface area contributed by atoms with Gasteiger partial charge in [0.15, 0.2) is 0 Å². The van der Waals surface area contributed by atoms with Crippen molar-refractivity contribution in [2.45, 2.75) is 6.04 Å². The number of hydrogen-bond acceptors (Lipinski definition) is 4. The quantitative estimate of drug-likeness (QED) is 0.889. The first-order valence-electron chi connectivity index (χ1n) is 5.61. The number of nitrogens with zero attached hydrogens (tertiary/aromatic N) is 2. The fourth-order valence-electron chi connectivity index (χ4n) is 2.00. The molecule has 0 radical (unpaired) electrons. The molecular weight excluding hydrogens is 230 g/mol. The van der Waals surface area contributed by atoms with Gasteiger partial charge in [-0.05, 0) is 12.1 Å². The highest BCUT2D eigenvalue weighted by molar-refractivity contribution is 5.49. The van der Waals surface area contributed by atoms with Crippen LogP contribution in [-0.4, -0.2) is 23.8 Å². The van der Waals surface area contributed by atoms with Crippen LogP contribution < -0.4 is 15.2 Å². The van der Waals surface area contributed by atoms with E-state index in [1.54, 1.807) is 26.7 Å². The van der Waals surface area contributed by atoms with Crippen molar-refractivity contribution in [2.24, 2.45) is 12.8 Å². The lowest BCUT2D eigenvalue weighted by molar-refractivity contribution is 0.381. The Morgan fingerprint density at radius 2 is 1.83 bits per heavy atom. The number of benzene rings is 1. The molecule has 0 aliphatic heterocycles. The van der Waals surface area contributed by atoms with E-state index in [9.17, 15) is 0 Å². The first-order chi connectivity index (χ1) is 8.69. The summed E-state index contributed by atoms with van der Waals surface area (Å²) in [5.74, 6) is 1.42. The molecule has 1 heterocycles. The molecule has 0 saturated carbocycles.